The van der Waals surface area contributed by atoms with Crippen LogP contribution in [0.2, 0.25) is 5.02 Å². The van der Waals surface area contributed by atoms with Crippen molar-refractivity contribution in [2.24, 2.45) is 0 Å². The van der Waals surface area contributed by atoms with E-state index in [1.165, 1.54) is 0 Å². The van der Waals surface area contributed by atoms with Gasteiger partial charge in [0.25, 0.3) is 0 Å². The van der Waals surface area contributed by atoms with E-state index in [0.717, 1.165) is 16.7 Å². The second-order valence-corrected chi connectivity index (χ2v) is 5.78. The van der Waals surface area contributed by atoms with E-state index >= 15 is 0 Å². The zero-order chi connectivity index (χ0) is 15.6. The average Bonchev–Trinajstić information content (AvgIpc) is 2.44. The molecule has 0 N–H and O–H groups in total. The van der Waals surface area contributed by atoms with Gasteiger partial charge in [0.05, 0.1) is 5.02 Å². The fourth-order valence-corrected chi connectivity index (χ4v) is 2.33. The summed E-state index contributed by atoms with van der Waals surface area (Å²) in [6.45, 7) is 7.61. The maximum atomic E-state index is 12.6. The van der Waals surface area contributed by atoms with Crippen LogP contribution in [-0.2, 0) is 0 Å². The number of benzene rings is 2. The smallest absolute Gasteiger partial charge is 0.203 e. The van der Waals surface area contributed by atoms with E-state index in [1.807, 2.05) is 51.1 Å². The largest absolute Gasteiger partial charge is 0.481 e. The Morgan fingerprint density at radius 3 is 2.38 bits per heavy atom. The van der Waals surface area contributed by atoms with Gasteiger partial charge < -0.3 is 4.74 Å². The molecular weight excluding hydrogens is 284 g/mol. The van der Waals surface area contributed by atoms with Crippen LogP contribution in [0.5, 0.6) is 5.75 Å². The molecule has 0 spiro atoms. The molecule has 0 heterocycles. The molecule has 0 amide bonds. The number of carbonyl (C=O) groups excluding carboxylic acids is 1. The van der Waals surface area contributed by atoms with E-state index in [0.29, 0.717) is 16.3 Å². The van der Waals surface area contributed by atoms with Crippen molar-refractivity contribution in [1.29, 1.82) is 0 Å². The van der Waals surface area contributed by atoms with E-state index in [9.17, 15) is 4.79 Å². The van der Waals surface area contributed by atoms with Crippen LogP contribution in [0.25, 0.3) is 0 Å². The molecule has 3 heteroatoms. The summed E-state index contributed by atoms with van der Waals surface area (Å²) < 4.78 is 5.76. The number of hydrogen-bond acceptors (Lipinski definition) is 2. The molecule has 0 aliphatic rings. The van der Waals surface area contributed by atoms with Gasteiger partial charge >= 0.3 is 0 Å². The lowest BCUT2D eigenvalue weighted by Crippen LogP contribution is -2.24. The van der Waals surface area contributed by atoms with Crippen LogP contribution in [0.15, 0.2) is 36.4 Å². The van der Waals surface area contributed by atoms with Gasteiger partial charge in [0, 0.05) is 5.56 Å². The topological polar surface area (TPSA) is 26.3 Å². The normalized spacial score (nSPS) is 12.0. The zero-order valence-corrected chi connectivity index (χ0v) is 13.5. The van der Waals surface area contributed by atoms with Crippen molar-refractivity contribution in [2.75, 3.05) is 0 Å². The summed E-state index contributed by atoms with van der Waals surface area (Å²) in [6.07, 6.45) is -0.579. The molecule has 1 atom stereocenters. The molecule has 2 nitrogen and oxygen atoms in total. The predicted molar refractivity (Wildman–Crippen MR) is 86.5 cm³/mol. The van der Waals surface area contributed by atoms with Gasteiger partial charge in [0.2, 0.25) is 5.78 Å². The number of hydrogen-bond donors (Lipinski definition) is 0. The Balaban J connectivity index is 2.23. The van der Waals surface area contributed by atoms with Crippen molar-refractivity contribution in [3.8, 4) is 5.75 Å². The van der Waals surface area contributed by atoms with Gasteiger partial charge in [-0.15, -0.1) is 0 Å². The fraction of sp³-hybridized carbons (Fsp3) is 0.278. The Hall–Kier alpha value is -1.80. The molecule has 0 saturated heterocycles. The molecule has 2 aromatic carbocycles. The number of carbonyl (C=O) groups is 1. The number of Topliss-reactive ketones (excluding diaryl/α,β-unsaturated/α-hetero) is 1. The minimum Gasteiger partial charge on any atom is -0.481 e. The van der Waals surface area contributed by atoms with Crippen molar-refractivity contribution in [1.82, 2.24) is 0 Å². The Bertz CT molecular complexity index is 677. The maximum Gasteiger partial charge on any atom is 0.203 e. The summed E-state index contributed by atoms with van der Waals surface area (Å²) in [5, 5.41) is 0.515. The third kappa shape index (κ3) is 3.64. The van der Waals surface area contributed by atoms with E-state index < -0.39 is 6.10 Å². The monoisotopic (exact) mass is 302 g/mol. The highest BCUT2D eigenvalue weighted by Gasteiger charge is 2.20. The lowest BCUT2D eigenvalue weighted by atomic mass is 9.99. The SMILES string of the molecule is Cc1ccc(Cl)c(OC(C)C(=O)c2cc(C)ccc2C)c1. The summed E-state index contributed by atoms with van der Waals surface area (Å²) in [7, 11) is 0. The Morgan fingerprint density at radius 2 is 1.67 bits per heavy atom. The number of ether oxygens (including phenoxy) is 1. The molecule has 0 saturated carbocycles. The second-order valence-electron chi connectivity index (χ2n) is 5.38. The average molecular weight is 303 g/mol. The Morgan fingerprint density at radius 1 is 1.05 bits per heavy atom. The summed E-state index contributed by atoms with van der Waals surface area (Å²) in [5.74, 6) is 0.511. The van der Waals surface area contributed by atoms with Gasteiger partial charge in [0.1, 0.15) is 5.75 Å². The molecule has 110 valence electrons. The van der Waals surface area contributed by atoms with Gasteiger partial charge in [-0.1, -0.05) is 35.4 Å². The van der Waals surface area contributed by atoms with Gasteiger partial charge in [-0.05, 0) is 57.0 Å². The van der Waals surface area contributed by atoms with Gasteiger partial charge in [-0.2, -0.15) is 0 Å². The predicted octanol–water partition coefficient (Wildman–Crippen LogP) is 4.92. The molecule has 2 rings (SSSR count). The van der Waals surface area contributed by atoms with Crippen LogP contribution in [-0.4, -0.2) is 11.9 Å². The number of halogens is 1. The first-order valence-electron chi connectivity index (χ1n) is 6.93. The molecule has 0 bridgehead atoms. The highest BCUT2D eigenvalue weighted by atomic mass is 35.5. The minimum absolute atomic E-state index is 0.0335. The molecule has 1 unspecified atom stereocenters. The van der Waals surface area contributed by atoms with E-state index in [2.05, 4.69) is 0 Å². The van der Waals surface area contributed by atoms with Gasteiger partial charge in [0.15, 0.2) is 6.10 Å². The molecule has 0 radical (unpaired) electrons. The third-order valence-electron chi connectivity index (χ3n) is 3.42. The van der Waals surface area contributed by atoms with E-state index in [-0.39, 0.29) is 5.78 Å². The van der Waals surface area contributed by atoms with Crippen molar-refractivity contribution in [2.45, 2.75) is 33.8 Å². The standard InChI is InChI=1S/C18H19ClO2/c1-11-5-7-13(3)15(9-11)18(20)14(4)21-17-10-12(2)6-8-16(17)19/h5-10,14H,1-4H3. The van der Waals surface area contributed by atoms with Crippen molar-refractivity contribution in [3.05, 3.63) is 63.7 Å². The van der Waals surface area contributed by atoms with Crippen LogP contribution in [0.3, 0.4) is 0 Å². The first-order valence-corrected chi connectivity index (χ1v) is 7.30. The number of ketones is 1. The van der Waals surface area contributed by atoms with E-state index in [4.69, 9.17) is 16.3 Å². The van der Waals surface area contributed by atoms with E-state index in [1.54, 1.807) is 13.0 Å². The third-order valence-corrected chi connectivity index (χ3v) is 3.73. The zero-order valence-electron chi connectivity index (χ0n) is 12.7. The Labute approximate surface area is 130 Å². The molecule has 0 aliphatic carbocycles. The van der Waals surface area contributed by atoms with Crippen LogP contribution in [0, 0.1) is 20.8 Å². The highest BCUT2D eigenvalue weighted by Crippen LogP contribution is 2.27. The molecule has 0 aliphatic heterocycles. The molecule has 0 fully saturated rings. The minimum atomic E-state index is -0.579. The number of rotatable bonds is 4. The second kappa shape index (κ2) is 6.31. The molecule has 0 aromatic heterocycles. The molecular formula is C18H19ClO2. The van der Waals surface area contributed by atoms with Crippen molar-refractivity contribution < 1.29 is 9.53 Å². The molecule has 2 aromatic rings. The van der Waals surface area contributed by atoms with Crippen LogP contribution >= 0.6 is 11.6 Å². The Kier molecular flexibility index (Phi) is 4.69. The fourth-order valence-electron chi connectivity index (χ4n) is 2.17. The van der Waals surface area contributed by atoms with Gasteiger partial charge in [-0.25, -0.2) is 0 Å². The summed E-state index contributed by atoms with van der Waals surface area (Å²) >= 11 is 6.11. The maximum absolute atomic E-state index is 12.6. The molecule has 21 heavy (non-hydrogen) atoms. The quantitative estimate of drug-likeness (QED) is 0.750. The number of aryl methyl sites for hydroxylation is 3. The summed E-state index contributed by atoms with van der Waals surface area (Å²) in [4.78, 5) is 12.6. The van der Waals surface area contributed by atoms with Gasteiger partial charge in [-0.3, -0.25) is 4.79 Å². The lowest BCUT2D eigenvalue weighted by molar-refractivity contribution is 0.0817. The van der Waals surface area contributed by atoms with Crippen LogP contribution < -0.4 is 4.74 Å². The van der Waals surface area contributed by atoms with Crippen LogP contribution in [0.1, 0.15) is 34.0 Å². The summed E-state index contributed by atoms with van der Waals surface area (Å²) in [5.41, 5.74) is 3.76. The first kappa shape index (κ1) is 15.6. The lowest BCUT2D eigenvalue weighted by Gasteiger charge is -2.16. The highest BCUT2D eigenvalue weighted by molar-refractivity contribution is 6.32. The summed E-state index contributed by atoms with van der Waals surface area (Å²) in [6, 6.07) is 11.4. The van der Waals surface area contributed by atoms with Crippen molar-refractivity contribution in [3.63, 3.8) is 0 Å². The van der Waals surface area contributed by atoms with Crippen molar-refractivity contribution >= 4 is 17.4 Å². The van der Waals surface area contributed by atoms with Crippen LogP contribution in [0.4, 0.5) is 0 Å². The first-order chi connectivity index (χ1) is 9.88.